The lowest BCUT2D eigenvalue weighted by molar-refractivity contribution is 0.0983. The third-order valence-corrected chi connectivity index (χ3v) is 3.40. The number of benzene rings is 1. The number of Topliss-reactive ketones (excluding diaryl/α,β-unsaturated/α-hetero) is 1. The molecule has 0 radical (unpaired) electrons. The Hall–Kier alpha value is -2.36. The molecule has 4 nitrogen and oxygen atoms in total. The van der Waals surface area contributed by atoms with Crippen LogP contribution in [0.15, 0.2) is 42.6 Å². The molecule has 0 unspecified atom stereocenters. The van der Waals surface area contributed by atoms with Gasteiger partial charge in [0.05, 0.1) is 19.0 Å². The normalized spacial score (nSPS) is 10.2. The van der Waals surface area contributed by atoms with Crippen LogP contribution in [0.5, 0.6) is 5.75 Å². The Morgan fingerprint density at radius 3 is 2.62 bits per heavy atom. The highest BCUT2D eigenvalue weighted by molar-refractivity contribution is 5.94. The molecule has 0 spiro atoms. The van der Waals surface area contributed by atoms with Gasteiger partial charge in [-0.2, -0.15) is 0 Å². The summed E-state index contributed by atoms with van der Waals surface area (Å²) in [5, 5.41) is 0. The van der Waals surface area contributed by atoms with Gasteiger partial charge in [-0.25, -0.2) is 0 Å². The molecule has 0 saturated heterocycles. The predicted octanol–water partition coefficient (Wildman–Crippen LogP) is 3.32. The van der Waals surface area contributed by atoms with Crippen LogP contribution in [0, 0.1) is 0 Å². The molecule has 0 atom stereocenters. The number of carbonyl (C=O) groups excluding carboxylic acids is 1. The Bertz CT molecular complexity index is 608. The van der Waals surface area contributed by atoms with Crippen molar-refractivity contribution in [2.45, 2.75) is 19.9 Å². The number of hydrogen-bond acceptors (Lipinski definition) is 4. The molecule has 0 bridgehead atoms. The maximum absolute atomic E-state index is 11.6. The van der Waals surface area contributed by atoms with Crippen molar-refractivity contribution >= 4 is 11.5 Å². The maximum Gasteiger partial charge on any atom is 0.180 e. The topological polar surface area (TPSA) is 42.4 Å². The lowest BCUT2D eigenvalue weighted by Crippen LogP contribution is -2.17. The van der Waals surface area contributed by atoms with Crippen molar-refractivity contribution in [1.29, 1.82) is 0 Å². The molecule has 21 heavy (non-hydrogen) atoms. The summed E-state index contributed by atoms with van der Waals surface area (Å²) in [6, 6.07) is 11.6. The SMILES string of the molecule is CCC(=O)c1ccc(N(C)Cc2ccccc2OC)cn1. The number of methoxy groups -OCH3 is 1. The van der Waals surface area contributed by atoms with Gasteiger partial charge in [-0.1, -0.05) is 25.1 Å². The average Bonchev–Trinajstić information content (AvgIpc) is 2.54. The monoisotopic (exact) mass is 284 g/mol. The van der Waals surface area contributed by atoms with Crippen molar-refractivity contribution in [3.8, 4) is 5.75 Å². The Morgan fingerprint density at radius 2 is 2.00 bits per heavy atom. The number of aromatic nitrogens is 1. The van der Waals surface area contributed by atoms with Crippen LogP contribution in [0.25, 0.3) is 0 Å². The lowest BCUT2D eigenvalue weighted by Gasteiger charge is -2.20. The zero-order chi connectivity index (χ0) is 15.2. The van der Waals surface area contributed by atoms with Gasteiger partial charge >= 0.3 is 0 Å². The number of anilines is 1. The summed E-state index contributed by atoms with van der Waals surface area (Å²) < 4.78 is 5.36. The first kappa shape index (κ1) is 15.0. The Morgan fingerprint density at radius 1 is 1.24 bits per heavy atom. The van der Waals surface area contributed by atoms with Crippen molar-refractivity contribution in [1.82, 2.24) is 4.98 Å². The number of pyridine rings is 1. The van der Waals surface area contributed by atoms with Gasteiger partial charge in [0.1, 0.15) is 11.4 Å². The second kappa shape index (κ2) is 6.88. The van der Waals surface area contributed by atoms with Crippen LogP contribution in [-0.4, -0.2) is 24.9 Å². The van der Waals surface area contributed by atoms with Gasteiger partial charge < -0.3 is 9.64 Å². The second-order valence-corrected chi connectivity index (χ2v) is 4.85. The number of nitrogens with zero attached hydrogens (tertiary/aromatic N) is 2. The van der Waals surface area contributed by atoms with Crippen LogP contribution in [0.2, 0.25) is 0 Å². The standard InChI is InChI=1S/C17H20N2O2/c1-4-16(20)15-10-9-14(11-18-15)19(2)12-13-7-5-6-8-17(13)21-3/h5-11H,4,12H2,1-3H3. The van der Waals surface area contributed by atoms with E-state index in [1.165, 1.54) is 0 Å². The molecule has 0 saturated carbocycles. The first-order valence-corrected chi connectivity index (χ1v) is 6.98. The number of rotatable bonds is 6. The van der Waals surface area contributed by atoms with Crippen molar-refractivity contribution in [2.75, 3.05) is 19.1 Å². The van der Waals surface area contributed by atoms with Crippen LogP contribution in [0.4, 0.5) is 5.69 Å². The zero-order valence-electron chi connectivity index (χ0n) is 12.7. The number of ketones is 1. The van der Waals surface area contributed by atoms with E-state index in [1.807, 2.05) is 44.3 Å². The maximum atomic E-state index is 11.6. The molecule has 1 heterocycles. The molecule has 2 rings (SSSR count). The molecule has 4 heteroatoms. The van der Waals surface area contributed by atoms with E-state index in [4.69, 9.17) is 4.74 Å². The summed E-state index contributed by atoms with van der Waals surface area (Å²) in [5.74, 6) is 0.934. The molecular formula is C17H20N2O2. The molecule has 1 aromatic carbocycles. The van der Waals surface area contributed by atoms with Gasteiger partial charge in [0, 0.05) is 25.6 Å². The van der Waals surface area contributed by atoms with Crippen molar-refractivity contribution in [2.24, 2.45) is 0 Å². The van der Waals surface area contributed by atoms with Crippen LogP contribution in [0.3, 0.4) is 0 Å². The van der Waals surface area contributed by atoms with Gasteiger partial charge in [-0.15, -0.1) is 0 Å². The van der Waals surface area contributed by atoms with Crippen molar-refractivity contribution in [3.05, 3.63) is 53.9 Å². The Balaban J connectivity index is 2.13. The quantitative estimate of drug-likeness (QED) is 0.763. The molecule has 2 aromatic rings. The van der Waals surface area contributed by atoms with E-state index in [1.54, 1.807) is 19.4 Å². The average molecular weight is 284 g/mol. The van der Waals surface area contributed by atoms with Gasteiger partial charge in [0.25, 0.3) is 0 Å². The van der Waals surface area contributed by atoms with Crippen LogP contribution >= 0.6 is 0 Å². The van der Waals surface area contributed by atoms with Crippen LogP contribution < -0.4 is 9.64 Å². The Kier molecular flexibility index (Phi) is 4.93. The summed E-state index contributed by atoms with van der Waals surface area (Å²) in [6.07, 6.45) is 2.21. The van der Waals surface area contributed by atoms with Crippen LogP contribution in [0.1, 0.15) is 29.4 Å². The van der Waals surface area contributed by atoms with E-state index in [0.717, 1.165) is 17.0 Å². The van der Waals surface area contributed by atoms with E-state index < -0.39 is 0 Å². The molecule has 110 valence electrons. The minimum absolute atomic E-state index is 0.0638. The summed E-state index contributed by atoms with van der Waals surface area (Å²) in [5.41, 5.74) is 2.59. The Labute approximate surface area is 125 Å². The summed E-state index contributed by atoms with van der Waals surface area (Å²) in [7, 11) is 3.66. The molecule has 1 aromatic heterocycles. The van der Waals surface area contributed by atoms with Crippen molar-refractivity contribution in [3.63, 3.8) is 0 Å². The van der Waals surface area contributed by atoms with Gasteiger partial charge in [-0.3, -0.25) is 9.78 Å². The van der Waals surface area contributed by atoms with E-state index in [9.17, 15) is 4.79 Å². The summed E-state index contributed by atoms with van der Waals surface area (Å²) in [6.45, 7) is 2.55. The number of para-hydroxylation sites is 1. The highest BCUT2D eigenvalue weighted by Gasteiger charge is 2.09. The summed E-state index contributed by atoms with van der Waals surface area (Å²) in [4.78, 5) is 17.9. The minimum atomic E-state index is 0.0638. The molecule has 0 N–H and O–H groups in total. The highest BCUT2D eigenvalue weighted by Crippen LogP contribution is 2.21. The molecule has 0 aliphatic carbocycles. The predicted molar refractivity (Wildman–Crippen MR) is 84.0 cm³/mol. The number of carbonyl (C=O) groups is 1. The van der Waals surface area contributed by atoms with E-state index in [2.05, 4.69) is 9.88 Å². The molecule has 0 fully saturated rings. The van der Waals surface area contributed by atoms with E-state index >= 15 is 0 Å². The molecule has 0 aliphatic heterocycles. The lowest BCUT2D eigenvalue weighted by atomic mass is 10.1. The smallest absolute Gasteiger partial charge is 0.180 e. The molecular weight excluding hydrogens is 264 g/mol. The van der Waals surface area contributed by atoms with Gasteiger partial charge in [-0.05, 0) is 18.2 Å². The molecule has 0 aliphatic rings. The second-order valence-electron chi connectivity index (χ2n) is 4.85. The largest absolute Gasteiger partial charge is 0.496 e. The third kappa shape index (κ3) is 3.60. The fourth-order valence-corrected chi connectivity index (χ4v) is 2.14. The fraction of sp³-hybridized carbons (Fsp3) is 0.294. The van der Waals surface area contributed by atoms with Gasteiger partial charge in [0.2, 0.25) is 0 Å². The van der Waals surface area contributed by atoms with Gasteiger partial charge in [0.15, 0.2) is 5.78 Å². The van der Waals surface area contributed by atoms with Crippen LogP contribution in [-0.2, 0) is 6.54 Å². The minimum Gasteiger partial charge on any atom is -0.496 e. The zero-order valence-corrected chi connectivity index (χ0v) is 12.7. The van der Waals surface area contributed by atoms with E-state index in [-0.39, 0.29) is 5.78 Å². The highest BCUT2D eigenvalue weighted by atomic mass is 16.5. The fourth-order valence-electron chi connectivity index (χ4n) is 2.14. The number of hydrogen-bond donors (Lipinski definition) is 0. The van der Waals surface area contributed by atoms with E-state index in [0.29, 0.717) is 18.7 Å². The number of ether oxygens (including phenoxy) is 1. The molecule has 0 amide bonds. The summed E-state index contributed by atoms with van der Waals surface area (Å²) >= 11 is 0. The third-order valence-electron chi connectivity index (χ3n) is 3.40. The first-order chi connectivity index (χ1) is 10.2. The first-order valence-electron chi connectivity index (χ1n) is 6.98. The van der Waals surface area contributed by atoms with Crippen molar-refractivity contribution < 1.29 is 9.53 Å².